The predicted molar refractivity (Wildman–Crippen MR) is 162 cm³/mol. The van der Waals surface area contributed by atoms with Crippen molar-refractivity contribution in [3.8, 4) is 17.4 Å². The Morgan fingerprint density at radius 1 is 1.02 bits per heavy atom. The van der Waals surface area contributed by atoms with E-state index in [9.17, 15) is 19.5 Å². The molecule has 0 atom stereocenters. The molecule has 1 aromatic heterocycles. The number of aromatic hydroxyl groups is 1. The fraction of sp³-hybridized carbons (Fsp3) is 0.233. The second kappa shape index (κ2) is 13.0. The molecule has 4 aromatic rings. The molecule has 0 saturated carbocycles. The van der Waals surface area contributed by atoms with E-state index in [0.29, 0.717) is 47.5 Å². The number of nitrogens with zero attached hydrogens (tertiary/aromatic N) is 3. The number of carbonyl (C=O) groups is 3. The van der Waals surface area contributed by atoms with Gasteiger partial charge in [-0.3, -0.25) is 14.4 Å². The second-order valence-corrected chi connectivity index (χ2v) is 10.7. The fourth-order valence-electron chi connectivity index (χ4n) is 4.53. The maximum atomic E-state index is 12.8. The molecule has 11 nitrogen and oxygen atoms in total. The van der Waals surface area contributed by atoms with Crippen molar-refractivity contribution in [1.29, 1.82) is 0 Å². The smallest absolute Gasteiger partial charge is 0.305 e. The highest BCUT2D eigenvalue weighted by atomic mass is 127. The first-order chi connectivity index (χ1) is 20.3. The highest BCUT2D eigenvalue weighted by Gasteiger charge is 2.18. The summed E-state index contributed by atoms with van der Waals surface area (Å²) in [5, 5.41) is 22.3. The molecule has 5 rings (SSSR count). The number of nitrogens with one attached hydrogen (secondary N) is 1. The summed E-state index contributed by atoms with van der Waals surface area (Å²) in [5.41, 5.74) is 2.65. The molecule has 0 saturated heterocycles. The number of esters is 1. The number of amides is 2. The Hall–Kier alpha value is -4.46. The van der Waals surface area contributed by atoms with Gasteiger partial charge in [-0.1, -0.05) is 6.07 Å². The van der Waals surface area contributed by atoms with E-state index in [0.717, 1.165) is 9.13 Å². The van der Waals surface area contributed by atoms with Gasteiger partial charge in [-0.05, 0) is 95.6 Å². The topological polar surface area (TPSA) is 141 Å². The number of methoxy groups -OCH3 is 1. The summed E-state index contributed by atoms with van der Waals surface area (Å²) in [6.45, 7) is 0.552. The highest BCUT2D eigenvalue weighted by Crippen LogP contribution is 2.40. The zero-order valence-corrected chi connectivity index (χ0v) is 24.8. The largest absolute Gasteiger partial charge is 0.493 e. The molecule has 2 heterocycles. The fourth-order valence-corrected chi connectivity index (χ4v) is 5.02. The number of rotatable bonds is 10. The molecular formula is C30H27IN4O7. The normalized spacial score (nSPS) is 12.1. The van der Waals surface area contributed by atoms with Crippen LogP contribution in [0.4, 0.5) is 11.4 Å². The maximum absolute atomic E-state index is 12.8. The van der Waals surface area contributed by atoms with Crippen molar-refractivity contribution >= 4 is 62.7 Å². The summed E-state index contributed by atoms with van der Waals surface area (Å²) < 4.78 is 17.9. The summed E-state index contributed by atoms with van der Waals surface area (Å²) in [6.07, 6.45) is 1.46. The highest BCUT2D eigenvalue weighted by molar-refractivity contribution is 14.1. The van der Waals surface area contributed by atoms with Crippen LogP contribution in [0.1, 0.15) is 35.2 Å². The van der Waals surface area contributed by atoms with E-state index in [1.54, 1.807) is 28.8 Å². The van der Waals surface area contributed by atoms with Gasteiger partial charge in [0, 0.05) is 39.6 Å². The van der Waals surface area contributed by atoms with Gasteiger partial charge in [0.15, 0.2) is 17.2 Å². The van der Waals surface area contributed by atoms with Crippen LogP contribution >= 0.6 is 22.6 Å². The number of hydrogen-bond acceptors (Lipinski definition) is 8. The van der Waals surface area contributed by atoms with Gasteiger partial charge >= 0.3 is 5.97 Å². The molecule has 0 unspecified atom stereocenters. The number of carbonyl (C=O) groups excluding carboxylic acids is 3. The van der Waals surface area contributed by atoms with Gasteiger partial charge in [-0.15, -0.1) is 10.2 Å². The first kappa shape index (κ1) is 29.0. The third-order valence-corrected chi connectivity index (χ3v) is 7.37. The Morgan fingerprint density at radius 2 is 1.81 bits per heavy atom. The van der Waals surface area contributed by atoms with E-state index in [4.69, 9.17) is 9.47 Å². The van der Waals surface area contributed by atoms with E-state index in [-0.39, 0.29) is 48.6 Å². The van der Waals surface area contributed by atoms with E-state index in [1.807, 2.05) is 36.4 Å². The molecule has 42 heavy (non-hydrogen) atoms. The van der Waals surface area contributed by atoms with Crippen LogP contribution in [-0.4, -0.2) is 41.4 Å². The van der Waals surface area contributed by atoms with Crippen molar-refractivity contribution in [2.75, 3.05) is 19.2 Å². The Kier molecular flexibility index (Phi) is 9.00. The average Bonchev–Trinajstić information content (AvgIpc) is 3.56. The van der Waals surface area contributed by atoms with E-state index >= 15 is 0 Å². The molecule has 0 spiro atoms. The van der Waals surface area contributed by atoms with Gasteiger partial charge in [0.25, 0.3) is 5.91 Å². The number of azo groups is 1. The van der Waals surface area contributed by atoms with Crippen molar-refractivity contribution in [1.82, 2.24) is 4.57 Å². The van der Waals surface area contributed by atoms with Crippen LogP contribution in [0.3, 0.4) is 0 Å². The Bertz CT molecular complexity index is 1680. The van der Waals surface area contributed by atoms with Crippen molar-refractivity contribution in [3.05, 3.63) is 75.4 Å². The number of aromatic nitrogens is 1. The lowest BCUT2D eigenvalue weighted by Gasteiger charge is -2.06. The van der Waals surface area contributed by atoms with Crippen LogP contribution < -0.4 is 14.8 Å². The van der Waals surface area contributed by atoms with Crippen LogP contribution in [0.5, 0.6) is 17.4 Å². The summed E-state index contributed by atoms with van der Waals surface area (Å²) in [7, 11) is 1.33. The third kappa shape index (κ3) is 6.70. The number of benzene rings is 3. The first-order valence-electron chi connectivity index (χ1n) is 13.1. The van der Waals surface area contributed by atoms with Crippen LogP contribution in [-0.2, 0) is 27.3 Å². The number of fused-ring (bicyclic) bond motifs is 2. The van der Waals surface area contributed by atoms with Crippen molar-refractivity contribution in [2.45, 2.75) is 32.2 Å². The number of aryl methyl sites for hydroxylation is 2. The molecule has 0 radical (unpaired) electrons. The molecule has 0 fully saturated rings. The standard InChI is InChI=1S/C30H27IN4O7/c1-40-27(37)3-2-14-35-23-11-8-20(31)16-22(23)28(30(35)39)33-34-29(38)19-6-9-21(10-7-19)32-26(36)13-5-18-4-12-24-25(15-18)42-17-41-24/h4,6-12,15-16,39H,2-3,5,13-14,17H2,1H3,(H,32,36). The molecule has 0 aliphatic carbocycles. The van der Waals surface area contributed by atoms with Crippen LogP contribution in [0.15, 0.2) is 70.9 Å². The average molecular weight is 682 g/mol. The van der Waals surface area contributed by atoms with E-state index in [2.05, 4.69) is 42.9 Å². The minimum atomic E-state index is -0.604. The summed E-state index contributed by atoms with van der Waals surface area (Å²) in [5.74, 6) is 0.122. The van der Waals surface area contributed by atoms with E-state index in [1.165, 1.54) is 7.11 Å². The Balaban J connectivity index is 1.22. The summed E-state index contributed by atoms with van der Waals surface area (Å²) in [4.78, 5) is 36.8. The van der Waals surface area contributed by atoms with Crippen molar-refractivity contribution in [3.63, 3.8) is 0 Å². The number of halogens is 1. The molecule has 1 aliphatic heterocycles. The molecule has 12 heteroatoms. The Labute approximate surface area is 254 Å². The first-order valence-corrected chi connectivity index (χ1v) is 14.2. The van der Waals surface area contributed by atoms with Gasteiger partial charge < -0.3 is 29.2 Å². The second-order valence-electron chi connectivity index (χ2n) is 9.48. The number of ether oxygens (including phenoxy) is 3. The van der Waals surface area contributed by atoms with E-state index < -0.39 is 5.91 Å². The minimum absolute atomic E-state index is 0.146. The van der Waals surface area contributed by atoms with Gasteiger partial charge in [0.1, 0.15) is 0 Å². The van der Waals surface area contributed by atoms with Gasteiger partial charge in [0.2, 0.25) is 18.6 Å². The molecule has 2 amide bonds. The van der Waals surface area contributed by atoms with Gasteiger partial charge in [-0.25, -0.2) is 0 Å². The Morgan fingerprint density at radius 3 is 2.60 bits per heavy atom. The SMILES string of the molecule is COC(=O)CCCn1c(O)c(N=NC(=O)c2ccc(NC(=O)CCc3ccc4c(c3)OCO4)cc2)c2cc(I)ccc21. The monoisotopic (exact) mass is 682 g/mol. The third-order valence-electron chi connectivity index (χ3n) is 6.70. The van der Waals surface area contributed by atoms with Crippen molar-refractivity contribution in [2.24, 2.45) is 10.2 Å². The lowest BCUT2D eigenvalue weighted by Crippen LogP contribution is -2.12. The predicted octanol–water partition coefficient (Wildman–Crippen LogP) is 6.13. The number of hydrogen-bond donors (Lipinski definition) is 2. The molecule has 216 valence electrons. The van der Waals surface area contributed by atoms with Gasteiger partial charge in [0.05, 0.1) is 12.6 Å². The zero-order chi connectivity index (χ0) is 29.6. The summed E-state index contributed by atoms with van der Waals surface area (Å²) >= 11 is 2.15. The van der Waals surface area contributed by atoms with Gasteiger partial charge in [-0.2, -0.15) is 0 Å². The van der Waals surface area contributed by atoms with Crippen LogP contribution in [0, 0.1) is 3.57 Å². The zero-order valence-electron chi connectivity index (χ0n) is 22.6. The van der Waals surface area contributed by atoms with Crippen molar-refractivity contribution < 1.29 is 33.7 Å². The molecule has 2 N–H and O–H groups in total. The lowest BCUT2D eigenvalue weighted by molar-refractivity contribution is -0.140. The molecule has 0 bridgehead atoms. The molecule has 3 aromatic carbocycles. The van der Waals surface area contributed by atoms with Crippen LogP contribution in [0.25, 0.3) is 10.9 Å². The lowest BCUT2D eigenvalue weighted by atomic mass is 10.1. The maximum Gasteiger partial charge on any atom is 0.305 e. The molecule has 1 aliphatic rings. The minimum Gasteiger partial charge on any atom is -0.493 e. The quantitative estimate of drug-likeness (QED) is 0.117. The van der Waals surface area contributed by atoms with Crippen LogP contribution in [0.2, 0.25) is 0 Å². The molecular weight excluding hydrogens is 655 g/mol. The number of anilines is 1. The summed E-state index contributed by atoms with van der Waals surface area (Å²) in [6, 6.07) is 17.5.